The highest BCUT2D eigenvalue weighted by molar-refractivity contribution is 5.76. The summed E-state index contributed by atoms with van der Waals surface area (Å²) in [5.74, 6) is 0.886. The average Bonchev–Trinajstić information content (AvgIpc) is 3.43. The van der Waals surface area contributed by atoms with E-state index in [1.807, 2.05) is 0 Å². The Bertz CT molecular complexity index is 1210. The van der Waals surface area contributed by atoms with Crippen molar-refractivity contribution in [2.45, 2.75) is 13.8 Å². The molecule has 3 aromatic heterocycles. The number of anilines is 1. The van der Waals surface area contributed by atoms with Gasteiger partial charge in [0, 0.05) is 36.9 Å². The Morgan fingerprint density at radius 2 is 2.16 bits per heavy atom. The quantitative estimate of drug-likeness (QED) is 0.176. The van der Waals surface area contributed by atoms with Crippen molar-refractivity contribution in [2.24, 2.45) is 0 Å². The molecule has 0 aliphatic rings. The molecule has 3 rings (SSSR count). The molecule has 0 fully saturated rings. The Morgan fingerprint density at radius 3 is 2.75 bits per heavy atom. The number of aldehydes is 1. The first-order chi connectivity index (χ1) is 15.4. The predicted octanol–water partition coefficient (Wildman–Crippen LogP) is 2.60. The fourth-order valence-corrected chi connectivity index (χ4v) is 2.69. The van der Waals surface area contributed by atoms with Crippen LogP contribution >= 0.6 is 0 Å². The van der Waals surface area contributed by atoms with Gasteiger partial charge in [-0.05, 0) is 26.0 Å². The average molecular weight is 436 g/mol. The van der Waals surface area contributed by atoms with E-state index in [4.69, 9.17) is 4.74 Å². The normalized spacial score (nSPS) is 12.5. The van der Waals surface area contributed by atoms with Crippen LogP contribution in [0.4, 0.5) is 5.95 Å². The smallest absolute Gasteiger partial charge is 0.289 e. The van der Waals surface area contributed by atoms with Gasteiger partial charge in [-0.1, -0.05) is 0 Å². The van der Waals surface area contributed by atoms with Gasteiger partial charge in [-0.25, -0.2) is 14.3 Å². The third-order valence-electron chi connectivity index (χ3n) is 4.23. The number of nitro groups is 1. The standard InChI is InChI=1S/C20H20N8O4/c1-4-18(32-3)17(10-16(28(30)31)12-26-9-5-7-22-26)23-20-21-8-6-19(24-20)27-11-15(13-29)14(2)25-27/h4-13H,1-3H3,(H,21,23,24)/b16-12-,17-10+,18-4+. The maximum absolute atomic E-state index is 11.6. The summed E-state index contributed by atoms with van der Waals surface area (Å²) < 4.78 is 8.11. The molecule has 0 bridgehead atoms. The lowest BCUT2D eigenvalue weighted by atomic mass is 10.2. The summed E-state index contributed by atoms with van der Waals surface area (Å²) in [6, 6.07) is 3.26. The molecular formula is C20H20N8O4. The number of hydrogen-bond donors (Lipinski definition) is 1. The van der Waals surface area contributed by atoms with E-state index in [0.29, 0.717) is 29.1 Å². The van der Waals surface area contributed by atoms with Gasteiger partial charge in [0.1, 0.15) is 12.0 Å². The lowest BCUT2D eigenvalue weighted by Gasteiger charge is -2.12. The highest BCUT2D eigenvalue weighted by atomic mass is 16.6. The summed E-state index contributed by atoms with van der Waals surface area (Å²) in [7, 11) is 1.44. The van der Waals surface area contributed by atoms with Gasteiger partial charge in [0.25, 0.3) is 5.70 Å². The van der Waals surface area contributed by atoms with Crippen LogP contribution < -0.4 is 5.32 Å². The minimum Gasteiger partial charge on any atom is -0.495 e. The van der Waals surface area contributed by atoms with Crippen LogP contribution in [0.2, 0.25) is 0 Å². The van der Waals surface area contributed by atoms with Gasteiger partial charge in [0.2, 0.25) is 5.95 Å². The van der Waals surface area contributed by atoms with Crippen molar-refractivity contribution in [3.05, 3.63) is 87.6 Å². The van der Waals surface area contributed by atoms with Crippen LogP contribution in [0.1, 0.15) is 23.0 Å². The number of nitrogens with zero attached hydrogens (tertiary/aromatic N) is 7. The summed E-state index contributed by atoms with van der Waals surface area (Å²) in [5.41, 5.74) is 1.01. The number of hydrogen-bond acceptors (Lipinski definition) is 9. The van der Waals surface area contributed by atoms with E-state index in [2.05, 4.69) is 25.5 Å². The Kier molecular flexibility index (Phi) is 6.85. The minimum atomic E-state index is -0.545. The zero-order valence-corrected chi connectivity index (χ0v) is 17.5. The molecule has 0 spiro atoms. The van der Waals surface area contributed by atoms with Crippen LogP contribution in [0.25, 0.3) is 12.0 Å². The van der Waals surface area contributed by atoms with E-state index in [1.54, 1.807) is 44.4 Å². The number of ether oxygens (including phenoxy) is 1. The molecule has 0 saturated heterocycles. The van der Waals surface area contributed by atoms with Gasteiger partial charge in [0.05, 0.1) is 29.0 Å². The number of rotatable bonds is 9. The molecule has 0 radical (unpaired) electrons. The Hall–Kier alpha value is -4.61. The largest absolute Gasteiger partial charge is 0.495 e. The van der Waals surface area contributed by atoms with Gasteiger partial charge in [-0.2, -0.15) is 15.2 Å². The van der Waals surface area contributed by atoms with Crippen LogP contribution in [0.15, 0.2) is 66.2 Å². The van der Waals surface area contributed by atoms with E-state index >= 15 is 0 Å². The summed E-state index contributed by atoms with van der Waals surface area (Å²) in [5, 5.41) is 22.8. The highest BCUT2D eigenvalue weighted by Crippen LogP contribution is 2.18. The molecule has 0 aliphatic carbocycles. The first-order valence-electron chi connectivity index (χ1n) is 9.34. The van der Waals surface area contributed by atoms with Crippen LogP contribution in [0, 0.1) is 17.0 Å². The van der Waals surface area contributed by atoms with Crippen LogP contribution in [0.5, 0.6) is 0 Å². The van der Waals surface area contributed by atoms with Gasteiger partial charge in [-0.3, -0.25) is 14.9 Å². The van der Waals surface area contributed by atoms with Crippen molar-refractivity contribution in [1.29, 1.82) is 0 Å². The van der Waals surface area contributed by atoms with Gasteiger partial charge in [-0.15, -0.1) is 0 Å². The van der Waals surface area contributed by atoms with Crippen LogP contribution in [-0.4, -0.2) is 47.8 Å². The lowest BCUT2D eigenvalue weighted by Crippen LogP contribution is -2.11. The summed E-state index contributed by atoms with van der Waals surface area (Å²) >= 11 is 0. The monoisotopic (exact) mass is 436 g/mol. The Labute approximate surface area is 182 Å². The molecule has 0 amide bonds. The number of aromatic nitrogens is 6. The van der Waals surface area contributed by atoms with Crippen molar-refractivity contribution in [1.82, 2.24) is 29.5 Å². The molecule has 0 unspecified atom stereocenters. The zero-order valence-electron chi connectivity index (χ0n) is 17.5. The van der Waals surface area contributed by atoms with E-state index in [-0.39, 0.29) is 17.3 Å². The Morgan fingerprint density at radius 1 is 1.34 bits per heavy atom. The molecule has 0 atom stereocenters. The number of allylic oxidation sites excluding steroid dienone is 2. The number of nitrogens with one attached hydrogen (secondary N) is 1. The molecule has 3 aromatic rings. The summed E-state index contributed by atoms with van der Waals surface area (Å²) in [6.07, 6.45) is 11.0. The highest BCUT2D eigenvalue weighted by Gasteiger charge is 2.16. The van der Waals surface area contributed by atoms with Crippen molar-refractivity contribution < 1.29 is 14.5 Å². The van der Waals surface area contributed by atoms with E-state index < -0.39 is 4.92 Å². The Balaban J connectivity index is 2.00. The number of aryl methyl sites for hydroxylation is 1. The van der Waals surface area contributed by atoms with E-state index in [9.17, 15) is 14.9 Å². The first kappa shape index (κ1) is 22.1. The third kappa shape index (κ3) is 5.11. The van der Waals surface area contributed by atoms with Crippen LogP contribution in [-0.2, 0) is 4.74 Å². The number of carbonyl (C=O) groups is 1. The molecule has 0 aromatic carbocycles. The van der Waals surface area contributed by atoms with Crippen LogP contribution in [0.3, 0.4) is 0 Å². The fourth-order valence-electron chi connectivity index (χ4n) is 2.69. The molecule has 0 aliphatic heterocycles. The van der Waals surface area contributed by atoms with Crippen molar-refractivity contribution in [3.8, 4) is 5.82 Å². The molecule has 32 heavy (non-hydrogen) atoms. The van der Waals surface area contributed by atoms with Crippen molar-refractivity contribution >= 4 is 18.4 Å². The summed E-state index contributed by atoms with van der Waals surface area (Å²) in [4.78, 5) is 30.7. The maximum atomic E-state index is 11.6. The maximum Gasteiger partial charge on any atom is 0.289 e. The fraction of sp³-hybridized carbons (Fsp3) is 0.150. The van der Waals surface area contributed by atoms with Crippen molar-refractivity contribution in [3.63, 3.8) is 0 Å². The predicted molar refractivity (Wildman–Crippen MR) is 115 cm³/mol. The molecular weight excluding hydrogens is 416 g/mol. The number of methoxy groups -OCH3 is 1. The first-order valence-corrected chi connectivity index (χ1v) is 9.34. The topological polar surface area (TPSA) is 143 Å². The van der Waals surface area contributed by atoms with Gasteiger partial charge >= 0.3 is 0 Å². The van der Waals surface area contributed by atoms with Gasteiger partial charge in [0.15, 0.2) is 12.1 Å². The zero-order chi connectivity index (χ0) is 23.1. The molecule has 1 N–H and O–H groups in total. The van der Waals surface area contributed by atoms with E-state index in [1.165, 1.54) is 41.1 Å². The second kappa shape index (κ2) is 9.93. The molecule has 0 saturated carbocycles. The lowest BCUT2D eigenvalue weighted by molar-refractivity contribution is -0.417. The number of carbonyl (C=O) groups excluding carboxylic acids is 1. The molecule has 164 valence electrons. The molecule has 12 heteroatoms. The van der Waals surface area contributed by atoms with E-state index in [0.717, 1.165) is 0 Å². The molecule has 12 nitrogen and oxygen atoms in total. The summed E-state index contributed by atoms with van der Waals surface area (Å²) in [6.45, 7) is 3.44. The molecule has 3 heterocycles. The third-order valence-corrected chi connectivity index (χ3v) is 4.23. The van der Waals surface area contributed by atoms with Gasteiger partial charge < -0.3 is 10.1 Å². The minimum absolute atomic E-state index is 0.146. The second-order valence-corrected chi connectivity index (χ2v) is 6.31. The van der Waals surface area contributed by atoms with Crippen molar-refractivity contribution in [2.75, 3.05) is 12.4 Å². The SMILES string of the molecule is C\C=C(OC)/C(=C\C(=C\n1cccn1)[N+](=O)[O-])Nc1nccc(-n2cc(C=O)c(C)n2)n1. The second-order valence-electron chi connectivity index (χ2n) is 6.31.